The molecule has 0 aromatic carbocycles. The molecule has 19 heavy (non-hydrogen) atoms. The van der Waals surface area contributed by atoms with Gasteiger partial charge in [0.25, 0.3) is 0 Å². The number of rotatable bonds is 5. The number of quaternary nitrogens is 2. The lowest BCUT2D eigenvalue weighted by Crippen LogP contribution is -2.48. The van der Waals surface area contributed by atoms with Crippen molar-refractivity contribution in [2.45, 2.75) is 51.4 Å². The summed E-state index contributed by atoms with van der Waals surface area (Å²) in [6.45, 7) is 7.12. The Balaban J connectivity index is 1.57. The molecule has 0 aromatic rings. The van der Waals surface area contributed by atoms with Crippen LogP contribution in [-0.2, 0) is 0 Å². The zero-order chi connectivity index (χ0) is 13.8. The second kappa shape index (κ2) is 6.58. The Hall–Kier alpha value is -0.0800. The minimum absolute atomic E-state index is 1.04. The molecule has 0 aliphatic carbocycles. The van der Waals surface area contributed by atoms with Crippen molar-refractivity contribution in [1.29, 1.82) is 0 Å². The van der Waals surface area contributed by atoms with Crippen molar-refractivity contribution in [1.82, 2.24) is 0 Å². The molecule has 0 saturated carbocycles. The smallest absolute Gasteiger partial charge is 0.0785 e. The highest BCUT2D eigenvalue weighted by Crippen LogP contribution is 2.25. The number of nitrogens with zero attached hydrogens (tertiary/aromatic N) is 2. The molecule has 0 aromatic heterocycles. The fourth-order valence-corrected chi connectivity index (χ4v) is 4.03. The molecule has 2 nitrogen and oxygen atoms in total. The van der Waals surface area contributed by atoms with E-state index in [1.54, 1.807) is 0 Å². The number of likely N-dealkylation sites (tertiary alicyclic amines) is 2. The van der Waals surface area contributed by atoms with Gasteiger partial charge in [-0.3, -0.25) is 0 Å². The summed E-state index contributed by atoms with van der Waals surface area (Å²) in [4.78, 5) is 0. The first-order chi connectivity index (χ1) is 8.99. The second-order valence-corrected chi connectivity index (χ2v) is 8.17. The van der Waals surface area contributed by atoms with Gasteiger partial charge >= 0.3 is 0 Å². The first kappa shape index (κ1) is 15.3. The fraction of sp³-hybridized carbons (Fsp3) is 1.00. The van der Waals surface area contributed by atoms with Gasteiger partial charge in [-0.05, 0) is 57.3 Å². The van der Waals surface area contributed by atoms with Crippen molar-refractivity contribution in [3.05, 3.63) is 0 Å². The van der Waals surface area contributed by atoms with Crippen LogP contribution in [0.1, 0.15) is 51.4 Å². The van der Waals surface area contributed by atoms with Gasteiger partial charge in [0.15, 0.2) is 0 Å². The third-order valence-electron chi connectivity index (χ3n) is 5.74. The zero-order valence-electron chi connectivity index (χ0n) is 13.7. The summed E-state index contributed by atoms with van der Waals surface area (Å²) < 4.78 is 2.63. The lowest BCUT2D eigenvalue weighted by atomic mass is 9.90. The van der Waals surface area contributed by atoms with Crippen LogP contribution < -0.4 is 0 Å². The van der Waals surface area contributed by atoms with Gasteiger partial charge in [-0.1, -0.05) is 0 Å². The molecule has 2 aliphatic rings. The van der Waals surface area contributed by atoms with E-state index in [1.807, 2.05) is 0 Å². The lowest BCUT2D eigenvalue weighted by Gasteiger charge is -2.38. The maximum absolute atomic E-state index is 2.49. The van der Waals surface area contributed by atoms with Crippen LogP contribution in [0.2, 0.25) is 0 Å². The minimum Gasteiger partial charge on any atom is -0.328 e. The monoisotopic (exact) mass is 268 g/mol. The molecular formula is C17H36N2+2. The van der Waals surface area contributed by atoms with Gasteiger partial charge in [-0.15, -0.1) is 0 Å². The number of hydrogen-bond acceptors (Lipinski definition) is 0. The van der Waals surface area contributed by atoms with E-state index in [-0.39, 0.29) is 0 Å². The Kier molecular flexibility index (Phi) is 5.30. The van der Waals surface area contributed by atoms with Crippen molar-refractivity contribution in [3.63, 3.8) is 0 Å². The van der Waals surface area contributed by atoms with Gasteiger partial charge < -0.3 is 8.97 Å². The third kappa shape index (κ3) is 5.07. The molecule has 112 valence electrons. The predicted octanol–water partition coefficient (Wildman–Crippen LogP) is 3.27. The Labute approximate surface area is 121 Å². The van der Waals surface area contributed by atoms with Crippen LogP contribution in [0.5, 0.6) is 0 Å². The summed E-state index contributed by atoms with van der Waals surface area (Å²) in [6, 6.07) is 0. The molecular weight excluding hydrogens is 232 g/mol. The van der Waals surface area contributed by atoms with Crippen molar-refractivity contribution in [2.75, 3.05) is 53.9 Å². The second-order valence-electron chi connectivity index (χ2n) is 8.17. The summed E-state index contributed by atoms with van der Waals surface area (Å²) in [5, 5.41) is 0. The lowest BCUT2D eigenvalue weighted by molar-refractivity contribution is -0.914. The number of hydrogen-bond donors (Lipinski definition) is 0. The van der Waals surface area contributed by atoms with Crippen LogP contribution in [0.25, 0.3) is 0 Å². The van der Waals surface area contributed by atoms with E-state index < -0.39 is 0 Å². The largest absolute Gasteiger partial charge is 0.328 e. The van der Waals surface area contributed by atoms with Crippen LogP contribution in [0.3, 0.4) is 0 Å². The minimum atomic E-state index is 1.04. The average Bonchev–Trinajstić information content (AvgIpc) is 2.37. The predicted molar refractivity (Wildman–Crippen MR) is 83.1 cm³/mol. The normalized spacial score (nSPS) is 27.3. The molecule has 2 heterocycles. The Morgan fingerprint density at radius 1 is 0.789 bits per heavy atom. The van der Waals surface area contributed by atoms with Gasteiger partial charge in [-0.2, -0.15) is 0 Å². The van der Waals surface area contributed by atoms with E-state index in [0.29, 0.717) is 0 Å². The molecule has 2 rings (SSSR count). The molecule has 2 aliphatic heterocycles. The first-order valence-corrected chi connectivity index (χ1v) is 8.65. The molecule has 0 atom stereocenters. The SMILES string of the molecule is C[N+]1(C)CCC(CCCC[N+]2(C)CCCCC2)CC1. The summed E-state index contributed by atoms with van der Waals surface area (Å²) in [5.74, 6) is 1.04. The molecule has 0 bridgehead atoms. The van der Waals surface area contributed by atoms with Crippen molar-refractivity contribution < 1.29 is 8.97 Å². The fourth-order valence-electron chi connectivity index (χ4n) is 4.03. The van der Waals surface area contributed by atoms with E-state index in [9.17, 15) is 0 Å². The summed E-state index contributed by atoms with van der Waals surface area (Å²) in [6.07, 6.45) is 11.8. The average molecular weight is 268 g/mol. The summed E-state index contributed by atoms with van der Waals surface area (Å²) in [7, 11) is 7.26. The molecule has 0 spiro atoms. The number of unbranched alkanes of at least 4 members (excludes halogenated alkanes) is 1. The van der Waals surface area contributed by atoms with Crippen molar-refractivity contribution in [2.24, 2.45) is 5.92 Å². The highest BCUT2D eigenvalue weighted by molar-refractivity contribution is 4.64. The van der Waals surface area contributed by atoms with Crippen LogP contribution in [0, 0.1) is 5.92 Å². The topological polar surface area (TPSA) is 0 Å². The Bertz CT molecular complexity index is 256. The summed E-state index contributed by atoms with van der Waals surface area (Å²) >= 11 is 0. The van der Waals surface area contributed by atoms with E-state index in [4.69, 9.17) is 0 Å². The molecule has 2 saturated heterocycles. The molecule has 2 heteroatoms. The van der Waals surface area contributed by atoms with Crippen LogP contribution in [-0.4, -0.2) is 62.8 Å². The molecule has 0 N–H and O–H groups in total. The molecule has 2 fully saturated rings. The molecule has 0 unspecified atom stereocenters. The highest BCUT2D eigenvalue weighted by Gasteiger charge is 2.27. The Morgan fingerprint density at radius 3 is 2.05 bits per heavy atom. The van der Waals surface area contributed by atoms with Gasteiger partial charge in [0.2, 0.25) is 0 Å². The maximum Gasteiger partial charge on any atom is 0.0785 e. The van der Waals surface area contributed by atoms with Gasteiger partial charge in [0, 0.05) is 0 Å². The number of piperidine rings is 2. The van der Waals surface area contributed by atoms with E-state index in [0.717, 1.165) is 5.92 Å². The van der Waals surface area contributed by atoms with Gasteiger partial charge in [0.1, 0.15) is 0 Å². The third-order valence-corrected chi connectivity index (χ3v) is 5.74. The molecule has 0 amide bonds. The van der Waals surface area contributed by atoms with E-state index in [1.165, 1.54) is 93.1 Å². The molecule has 0 radical (unpaired) electrons. The van der Waals surface area contributed by atoms with Gasteiger partial charge in [0.05, 0.1) is 53.9 Å². The zero-order valence-corrected chi connectivity index (χ0v) is 13.7. The van der Waals surface area contributed by atoms with Crippen molar-refractivity contribution in [3.8, 4) is 0 Å². The quantitative estimate of drug-likeness (QED) is 0.530. The van der Waals surface area contributed by atoms with E-state index >= 15 is 0 Å². The van der Waals surface area contributed by atoms with Crippen molar-refractivity contribution >= 4 is 0 Å². The Morgan fingerprint density at radius 2 is 1.42 bits per heavy atom. The summed E-state index contributed by atoms with van der Waals surface area (Å²) in [5.41, 5.74) is 0. The van der Waals surface area contributed by atoms with Crippen LogP contribution in [0.15, 0.2) is 0 Å². The van der Waals surface area contributed by atoms with Gasteiger partial charge in [-0.25, -0.2) is 0 Å². The standard InChI is InChI=1S/C17H36N2/c1-18(2)15-10-17(11-16-18)9-5-8-14-19(3)12-6-4-7-13-19/h17H,4-16H2,1-3H3/q+2. The van der Waals surface area contributed by atoms with E-state index in [2.05, 4.69) is 21.1 Å². The maximum atomic E-state index is 2.49. The van der Waals surface area contributed by atoms with Crippen LogP contribution in [0.4, 0.5) is 0 Å². The highest BCUT2D eigenvalue weighted by atomic mass is 15.3. The van der Waals surface area contributed by atoms with Crippen LogP contribution >= 0.6 is 0 Å². The first-order valence-electron chi connectivity index (χ1n) is 8.65.